The molecule has 0 spiro atoms. The van der Waals surface area contributed by atoms with Gasteiger partial charge in [0.25, 0.3) is 10.0 Å². The number of carbonyl (C=O) groups is 2. The molecule has 8 nitrogen and oxygen atoms in total. The molecule has 2 amide bonds. The minimum atomic E-state index is -3.68. The number of benzene rings is 1. The zero-order valence-corrected chi connectivity index (χ0v) is 16.0. The second-order valence-electron chi connectivity index (χ2n) is 5.75. The van der Waals surface area contributed by atoms with Gasteiger partial charge in [0.2, 0.25) is 0 Å². The van der Waals surface area contributed by atoms with Crippen LogP contribution in [-0.2, 0) is 30.9 Å². The van der Waals surface area contributed by atoms with Gasteiger partial charge in [-0.25, -0.2) is 8.42 Å². The molecule has 27 heavy (non-hydrogen) atoms. The van der Waals surface area contributed by atoms with Crippen LogP contribution in [0.2, 0.25) is 0 Å². The third-order valence-corrected chi connectivity index (χ3v) is 7.20. The molecule has 0 radical (unpaired) electrons. The fourth-order valence-electron chi connectivity index (χ4n) is 2.59. The number of thiophene rings is 1. The van der Waals surface area contributed by atoms with E-state index in [2.05, 4.69) is 10.6 Å². The van der Waals surface area contributed by atoms with Crippen LogP contribution in [0.4, 0.5) is 0 Å². The number of rotatable bonds is 6. The Morgan fingerprint density at radius 2 is 1.85 bits per heavy atom. The second kappa shape index (κ2) is 8.61. The largest absolute Gasteiger partial charge is 0.359 e. The van der Waals surface area contributed by atoms with Crippen molar-refractivity contribution in [2.24, 2.45) is 0 Å². The van der Waals surface area contributed by atoms with E-state index < -0.39 is 28.1 Å². The second-order valence-corrected chi connectivity index (χ2v) is 8.82. The number of nitrogens with zero attached hydrogens (tertiary/aromatic N) is 1. The summed E-state index contributed by atoms with van der Waals surface area (Å²) in [5.74, 6) is -1.63. The molecule has 1 aromatic carbocycles. The Morgan fingerprint density at radius 1 is 1.11 bits per heavy atom. The molecule has 0 saturated carbocycles. The van der Waals surface area contributed by atoms with Crippen LogP contribution < -0.4 is 10.6 Å². The summed E-state index contributed by atoms with van der Waals surface area (Å²) in [5.41, 5.74) is 0.867. The Labute approximate surface area is 161 Å². The normalized spacial score (nSPS) is 17.6. The highest BCUT2D eigenvalue weighted by Crippen LogP contribution is 2.25. The minimum absolute atomic E-state index is 0.109. The monoisotopic (exact) mass is 409 g/mol. The van der Waals surface area contributed by atoms with E-state index in [0.717, 1.165) is 16.9 Å². The van der Waals surface area contributed by atoms with Crippen LogP contribution in [0.5, 0.6) is 0 Å². The van der Waals surface area contributed by atoms with Gasteiger partial charge in [0.15, 0.2) is 0 Å². The SMILES string of the molecule is O=C(NCc1ccccc1)C(=O)NC[C@H]1OCCN1S(=O)(=O)c1cccs1. The Balaban J connectivity index is 1.52. The van der Waals surface area contributed by atoms with E-state index in [9.17, 15) is 18.0 Å². The van der Waals surface area contributed by atoms with E-state index >= 15 is 0 Å². The molecule has 1 aromatic heterocycles. The number of ether oxygens (including phenoxy) is 1. The Hall–Kier alpha value is -2.27. The molecule has 10 heteroatoms. The molecule has 3 rings (SSSR count). The molecule has 0 aliphatic carbocycles. The van der Waals surface area contributed by atoms with Crippen molar-refractivity contribution in [3.05, 3.63) is 53.4 Å². The van der Waals surface area contributed by atoms with Gasteiger partial charge in [-0.1, -0.05) is 36.4 Å². The number of carbonyl (C=O) groups excluding carboxylic acids is 2. The average molecular weight is 409 g/mol. The minimum Gasteiger partial charge on any atom is -0.359 e. The Kier molecular flexibility index (Phi) is 6.22. The van der Waals surface area contributed by atoms with Crippen molar-refractivity contribution in [2.75, 3.05) is 19.7 Å². The molecule has 144 valence electrons. The maximum absolute atomic E-state index is 12.6. The van der Waals surface area contributed by atoms with E-state index in [1.165, 1.54) is 10.4 Å². The fourth-order valence-corrected chi connectivity index (χ4v) is 5.22. The molecule has 1 saturated heterocycles. The molecule has 1 aliphatic heterocycles. The summed E-state index contributed by atoms with van der Waals surface area (Å²) in [7, 11) is -3.68. The third kappa shape index (κ3) is 4.72. The van der Waals surface area contributed by atoms with Gasteiger partial charge in [-0.3, -0.25) is 9.59 Å². The number of amides is 2. The summed E-state index contributed by atoms with van der Waals surface area (Å²) in [6.45, 7) is 0.542. The number of hydrogen-bond donors (Lipinski definition) is 2. The summed E-state index contributed by atoms with van der Waals surface area (Å²) >= 11 is 1.12. The highest BCUT2D eigenvalue weighted by atomic mass is 32.2. The maximum Gasteiger partial charge on any atom is 0.309 e. The molecule has 0 unspecified atom stereocenters. The first-order valence-corrected chi connectivity index (χ1v) is 10.6. The Morgan fingerprint density at radius 3 is 2.56 bits per heavy atom. The van der Waals surface area contributed by atoms with Crippen LogP contribution in [0.15, 0.2) is 52.1 Å². The van der Waals surface area contributed by atoms with Crippen molar-refractivity contribution in [2.45, 2.75) is 17.0 Å². The van der Waals surface area contributed by atoms with Crippen molar-refractivity contribution >= 4 is 33.2 Å². The van der Waals surface area contributed by atoms with Crippen molar-refractivity contribution in [3.63, 3.8) is 0 Å². The average Bonchev–Trinajstić information content (AvgIpc) is 3.37. The lowest BCUT2D eigenvalue weighted by molar-refractivity contribution is -0.139. The van der Waals surface area contributed by atoms with E-state index in [1.807, 2.05) is 30.3 Å². The summed E-state index contributed by atoms with van der Waals surface area (Å²) in [4.78, 5) is 23.9. The first-order valence-electron chi connectivity index (χ1n) is 8.25. The number of sulfonamides is 1. The molecule has 1 fully saturated rings. The third-order valence-electron chi connectivity index (χ3n) is 3.94. The van der Waals surface area contributed by atoms with E-state index in [-0.39, 0.29) is 30.5 Å². The van der Waals surface area contributed by atoms with Gasteiger partial charge in [0, 0.05) is 13.1 Å². The highest BCUT2D eigenvalue weighted by Gasteiger charge is 2.37. The van der Waals surface area contributed by atoms with Gasteiger partial charge in [-0.2, -0.15) is 4.31 Å². The zero-order chi connectivity index (χ0) is 19.3. The quantitative estimate of drug-likeness (QED) is 0.677. The summed E-state index contributed by atoms with van der Waals surface area (Å²) < 4.78 is 32.0. The molecule has 1 atom stereocenters. The van der Waals surface area contributed by atoms with Crippen LogP contribution in [0.1, 0.15) is 5.56 Å². The fraction of sp³-hybridized carbons (Fsp3) is 0.294. The molecular formula is C17H19N3O5S2. The van der Waals surface area contributed by atoms with Crippen molar-refractivity contribution < 1.29 is 22.7 Å². The van der Waals surface area contributed by atoms with Gasteiger partial charge in [-0.05, 0) is 17.0 Å². The standard InChI is InChI=1S/C17H19N3O5S2/c21-16(18-11-13-5-2-1-3-6-13)17(22)19-12-14-20(8-9-25-14)27(23,24)15-7-4-10-26-15/h1-7,10,14H,8-9,11-12H2,(H,18,21)(H,19,22)/t14-/m1/s1. The van der Waals surface area contributed by atoms with E-state index in [0.29, 0.717) is 0 Å². The van der Waals surface area contributed by atoms with Gasteiger partial charge >= 0.3 is 11.8 Å². The molecule has 1 aliphatic rings. The molecule has 2 aromatic rings. The number of nitrogens with one attached hydrogen (secondary N) is 2. The lowest BCUT2D eigenvalue weighted by Crippen LogP contribution is -2.47. The van der Waals surface area contributed by atoms with Crippen LogP contribution in [-0.4, -0.2) is 50.5 Å². The van der Waals surface area contributed by atoms with Crippen LogP contribution >= 0.6 is 11.3 Å². The Bertz CT molecular complexity index is 885. The van der Waals surface area contributed by atoms with Crippen molar-refractivity contribution in [3.8, 4) is 0 Å². The zero-order valence-electron chi connectivity index (χ0n) is 14.3. The molecular weight excluding hydrogens is 390 g/mol. The van der Waals surface area contributed by atoms with Crippen LogP contribution in [0, 0.1) is 0 Å². The van der Waals surface area contributed by atoms with E-state index in [4.69, 9.17) is 4.74 Å². The number of hydrogen-bond acceptors (Lipinski definition) is 6. The van der Waals surface area contributed by atoms with Gasteiger partial charge in [-0.15, -0.1) is 11.3 Å². The first-order chi connectivity index (χ1) is 13.0. The highest BCUT2D eigenvalue weighted by molar-refractivity contribution is 7.91. The predicted molar refractivity (Wildman–Crippen MR) is 99.2 cm³/mol. The molecule has 2 heterocycles. The summed E-state index contributed by atoms with van der Waals surface area (Å²) in [5, 5.41) is 6.62. The lowest BCUT2D eigenvalue weighted by Gasteiger charge is -2.22. The molecule has 2 N–H and O–H groups in total. The summed E-state index contributed by atoms with van der Waals surface area (Å²) in [6, 6.07) is 12.4. The van der Waals surface area contributed by atoms with Gasteiger partial charge in [0.1, 0.15) is 10.4 Å². The van der Waals surface area contributed by atoms with Crippen molar-refractivity contribution in [1.82, 2.24) is 14.9 Å². The van der Waals surface area contributed by atoms with Crippen LogP contribution in [0.3, 0.4) is 0 Å². The predicted octanol–water partition coefficient (Wildman–Crippen LogP) is 0.528. The lowest BCUT2D eigenvalue weighted by atomic mass is 10.2. The van der Waals surface area contributed by atoms with Gasteiger partial charge in [0.05, 0.1) is 13.2 Å². The topological polar surface area (TPSA) is 105 Å². The smallest absolute Gasteiger partial charge is 0.309 e. The maximum atomic E-state index is 12.6. The van der Waals surface area contributed by atoms with Crippen LogP contribution in [0.25, 0.3) is 0 Å². The van der Waals surface area contributed by atoms with Crippen molar-refractivity contribution in [1.29, 1.82) is 0 Å². The van der Waals surface area contributed by atoms with E-state index in [1.54, 1.807) is 11.4 Å². The first kappa shape index (κ1) is 19.5. The van der Waals surface area contributed by atoms with Gasteiger partial charge < -0.3 is 15.4 Å². The molecule has 0 bridgehead atoms. The summed E-state index contributed by atoms with van der Waals surface area (Å²) in [6.07, 6.45) is -0.844.